The van der Waals surface area contributed by atoms with Crippen molar-refractivity contribution >= 4 is 11.7 Å². The number of aromatic nitrogens is 1. The Bertz CT molecular complexity index is 604. The second-order valence-corrected chi connectivity index (χ2v) is 5.25. The number of rotatable bonds is 4. The minimum atomic E-state index is -0.0718. The van der Waals surface area contributed by atoms with E-state index in [1.807, 2.05) is 24.3 Å². The lowest BCUT2D eigenvalue weighted by Gasteiger charge is -2.27. The monoisotopic (exact) mass is 301 g/mol. The van der Waals surface area contributed by atoms with Crippen LogP contribution in [0.5, 0.6) is 0 Å². The third kappa shape index (κ3) is 3.28. The van der Waals surface area contributed by atoms with Crippen molar-refractivity contribution < 1.29 is 13.9 Å². The molecule has 3 rings (SSSR count). The highest BCUT2D eigenvalue weighted by Crippen LogP contribution is 2.14. The van der Waals surface area contributed by atoms with Crippen molar-refractivity contribution in [3.05, 3.63) is 48.0 Å². The van der Waals surface area contributed by atoms with Crippen LogP contribution in [0.2, 0.25) is 0 Å². The molecule has 1 fully saturated rings. The van der Waals surface area contributed by atoms with Crippen LogP contribution < -0.4 is 4.90 Å². The molecule has 0 bridgehead atoms. The number of carbonyl (C=O) groups excluding carboxylic acids is 1. The molecule has 1 amide bonds. The number of hydrogen-bond acceptors (Lipinski definition) is 5. The molecular formula is C16H19N3O3. The number of hydrogen-bond donors (Lipinski definition) is 0. The first kappa shape index (κ1) is 14.6. The summed E-state index contributed by atoms with van der Waals surface area (Å²) in [4.78, 5) is 20.5. The van der Waals surface area contributed by atoms with E-state index in [0.29, 0.717) is 25.3 Å². The van der Waals surface area contributed by atoms with Crippen LogP contribution >= 0.6 is 0 Å². The summed E-state index contributed by atoms with van der Waals surface area (Å²) in [6, 6.07) is 7.37. The van der Waals surface area contributed by atoms with Crippen molar-refractivity contribution in [2.24, 2.45) is 0 Å². The Labute approximate surface area is 129 Å². The van der Waals surface area contributed by atoms with E-state index in [9.17, 15) is 4.79 Å². The normalized spacial score (nSPS) is 14.9. The van der Waals surface area contributed by atoms with E-state index in [-0.39, 0.29) is 5.91 Å². The number of carbonyl (C=O) groups is 1. The highest BCUT2D eigenvalue weighted by atomic mass is 16.5. The number of pyridine rings is 1. The molecular weight excluding hydrogens is 282 g/mol. The van der Waals surface area contributed by atoms with Gasteiger partial charge in [-0.1, -0.05) is 0 Å². The van der Waals surface area contributed by atoms with Gasteiger partial charge in [-0.05, 0) is 24.3 Å². The molecule has 0 unspecified atom stereocenters. The van der Waals surface area contributed by atoms with Gasteiger partial charge in [-0.25, -0.2) is 4.98 Å². The fourth-order valence-corrected chi connectivity index (χ4v) is 2.42. The highest BCUT2D eigenvalue weighted by Gasteiger charge is 2.16. The molecule has 116 valence electrons. The maximum absolute atomic E-state index is 12.4. The van der Waals surface area contributed by atoms with Crippen LogP contribution in [0, 0.1) is 0 Å². The zero-order valence-corrected chi connectivity index (χ0v) is 12.6. The highest BCUT2D eigenvalue weighted by molar-refractivity contribution is 5.93. The number of ether oxygens (including phenoxy) is 1. The van der Waals surface area contributed by atoms with Crippen LogP contribution in [-0.2, 0) is 11.3 Å². The average molecular weight is 301 g/mol. The van der Waals surface area contributed by atoms with E-state index in [1.54, 1.807) is 24.4 Å². The Morgan fingerprint density at radius 1 is 1.32 bits per heavy atom. The van der Waals surface area contributed by atoms with Gasteiger partial charge < -0.3 is 19.0 Å². The van der Waals surface area contributed by atoms with E-state index in [1.165, 1.54) is 0 Å². The number of furan rings is 1. The van der Waals surface area contributed by atoms with Crippen LogP contribution in [0.4, 0.5) is 5.82 Å². The molecule has 6 nitrogen and oxygen atoms in total. The van der Waals surface area contributed by atoms with Crippen LogP contribution in [0.3, 0.4) is 0 Å². The summed E-state index contributed by atoms with van der Waals surface area (Å²) in [6.07, 6.45) is 3.23. The molecule has 22 heavy (non-hydrogen) atoms. The molecule has 2 aromatic rings. The maximum atomic E-state index is 12.4. The van der Waals surface area contributed by atoms with Gasteiger partial charge >= 0.3 is 0 Å². The van der Waals surface area contributed by atoms with Gasteiger partial charge in [-0.15, -0.1) is 0 Å². The van der Waals surface area contributed by atoms with E-state index < -0.39 is 0 Å². The van der Waals surface area contributed by atoms with E-state index >= 15 is 0 Å². The molecule has 0 atom stereocenters. The molecule has 0 aromatic carbocycles. The second kappa shape index (κ2) is 6.62. The van der Waals surface area contributed by atoms with Crippen molar-refractivity contribution in [1.82, 2.24) is 9.88 Å². The lowest BCUT2D eigenvalue weighted by molar-refractivity contribution is 0.0775. The topological polar surface area (TPSA) is 58.8 Å². The molecule has 0 saturated carbocycles. The molecule has 1 saturated heterocycles. The van der Waals surface area contributed by atoms with Gasteiger partial charge in [0.15, 0.2) is 0 Å². The quantitative estimate of drug-likeness (QED) is 0.861. The van der Waals surface area contributed by atoms with Crippen LogP contribution in [0.15, 0.2) is 41.1 Å². The Morgan fingerprint density at radius 3 is 2.77 bits per heavy atom. The third-order valence-electron chi connectivity index (χ3n) is 3.65. The number of morpholine rings is 1. The van der Waals surface area contributed by atoms with Crippen molar-refractivity contribution in [2.75, 3.05) is 38.3 Å². The van der Waals surface area contributed by atoms with Gasteiger partial charge in [0.05, 0.1) is 31.6 Å². The SMILES string of the molecule is CN(Cc1ccco1)C(=O)c1ccc(N2CCOCC2)nc1. The molecule has 3 heterocycles. The predicted molar refractivity (Wildman–Crippen MR) is 81.8 cm³/mol. The zero-order chi connectivity index (χ0) is 15.4. The summed E-state index contributed by atoms with van der Waals surface area (Å²) in [5, 5.41) is 0. The van der Waals surface area contributed by atoms with E-state index in [4.69, 9.17) is 9.15 Å². The fraction of sp³-hybridized carbons (Fsp3) is 0.375. The number of nitrogens with zero attached hydrogens (tertiary/aromatic N) is 3. The molecule has 0 spiro atoms. The van der Waals surface area contributed by atoms with E-state index in [0.717, 1.165) is 24.7 Å². The lowest BCUT2D eigenvalue weighted by Crippen LogP contribution is -2.36. The maximum Gasteiger partial charge on any atom is 0.255 e. The largest absolute Gasteiger partial charge is 0.467 e. The molecule has 6 heteroatoms. The van der Waals surface area contributed by atoms with Crippen molar-refractivity contribution in [1.29, 1.82) is 0 Å². The van der Waals surface area contributed by atoms with Crippen LogP contribution in [-0.4, -0.2) is 49.1 Å². The van der Waals surface area contributed by atoms with Crippen molar-refractivity contribution in [3.63, 3.8) is 0 Å². The smallest absolute Gasteiger partial charge is 0.255 e. The van der Waals surface area contributed by atoms with Crippen molar-refractivity contribution in [3.8, 4) is 0 Å². The Morgan fingerprint density at radius 2 is 2.14 bits per heavy atom. The summed E-state index contributed by atoms with van der Waals surface area (Å²) in [6.45, 7) is 3.54. The summed E-state index contributed by atoms with van der Waals surface area (Å²) >= 11 is 0. The number of amides is 1. The second-order valence-electron chi connectivity index (χ2n) is 5.25. The Hall–Kier alpha value is -2.34. The predicted octanol–water partition coefficient (Wildman–Crippen LogP) is 1.78. The number of anilines is 1. The average Bonchev–Trinajstić information content (AvgIpc) is 3.08. The summed E-state index contributed by atoms with van der Waals surface area (Å²) in [7, 11) is 1.75. The lowest BCUT2D eigenvalue weighted by atomic mass is 10.2. The molecule has 0 radical (unpaired) electrons. The molecule has 0 aliphatic carbocycles. The van der Waals surface area contributed by atoms with Crippen LogP contribution in [0.1, 0.15) is 16.1 Å². The van der Waals surface area contributed by atoms with Gasteiger partial charge in [-0.3, -0.25) is 4.79 Å². The standard InChI is InChI=1S/C16H19N3O3/c1-18(12-14-3-2-8-22-14)16(20)13-4-5-15(17-11-13)19-6-9-21-10-7-19/h2-5,8,11H,6-7,9-10,12H2,1H3. The first-order chi connectivity index (χ1) is 10.7. The molecule has 1 aliphatic rings. The van der Waals surface area contributed by atoms with Crippen LogP contribution in [0.25, 0.3) is 0 Å². The van der Waals surface area contributed by atoms with Gasteiger partial charge in [0, 0.05) is 26.3 Å². The third-order valence-corrected chi connectivity index (χ3v) is 3.65. The molecule has 2 aromatic heterocycles. The first-order valence-corrected chi connectivity index (χ1v) is 7.30. The summed E-state index contributed by atoms with van der Waals surface area (Å²) in [5.74, 6) is 1.57. The van der Waals surface area contributed by atoms with Gasteiger partial charge in [0.1, 0.15) is 11.6 Å². The Kier molecular flexibility index (Phi) is 4.39. The zero-order valence-electron chi connectivity index (χ0n) is 12.6. The van der Waals surface area contributed by atoms with Gasteiger partial charge in [0.2, 0.25) is 0 Å². The molecule has 1 aliphatic heterocycles. The fourth-order valence-electron chi connectivity index (χ4n) is 2.42. The van der Waals surface area contributed by atoms with Gasteiger partial charge in [0.25, 0.3) is 5.91 Å². The molecule has 0 N–H and O–H groups in total. The first-order valence-electron chi connectivity index (χ1n) is 7.30. The van der Waals surface area contributed by atoms with Crippen molar-refractivity contribution in [2.45, 2.75) is 6.54 Å². The van der Waals surface area contributed by atoms with Gasteiger partial charge in [-0.2, -0.15) is 0 Å². The minimum Gasteiger partial charge on any atom is -0.467 e. The Balaban J connectivity index is 1.65. The minimum absolute atomic E-state index is 0.0718. The van der Waals surface area contributed by atoms with E-state index in [2.05, 4.69) is 9.88 Å². The summed E-state index contributed by atoms with van der Waals surface area (Å²) in [5.41, 5.74) is 0.575. The summed E-state index contributed by atoms with van der Waals surface area (Å²) < 4.78 is 10.6.